The van der Waals surface area contributed by atoms with Gasteiger partial charge in [0.25, 0.3) is 0 Å². The summed E-state index contributed by atoms with van der Waals surface area (Å²) in [7, 11) is 0. The Labute approximate surface area is 136 Å². The highest BCUT2D eigenvalue weighted by atomic mass is 15.2. The van der Waals surface area contributed by atoms with E-state index in [-0.39, 0.29) is 0 Å². The zero-order valence-corrected chi connectivity index (χ0v) is 13.6. The lowest BCUT2D eigenvalue weighted by Gasteiger charge is -2.12. The first-order valence-electron chi connectivity index (χ1n) is 7.76. The summed E-state index contributed by atoms with van der Waals surface area (Å²) < 4.78 is 2.10. The van der Waals surface area contributed by atoms with E-state index in [4.69, 9.17) is 5.26 Å². The second-order valence-electron chi connectivity index (χ2n) is 5.24. The van der Waals surface area contributed by atoms with E-state index in [2.05, 4.69) is 44.2 Å². The third kappa shape index (κ3) is 5.15. The van der Waals surface area contributed by atoms with Gasteiger partial charge in [0.05, 0.1) is 6.33 Å². The van der Waals surface area contributed by atoms with Crippen molar-refractivity contribution in [3.8, 4) is 6.19 Å². The molecule has 0 radical (unpaired) electrons. The van der Waals surface area contributed by atoms with Crippen molar-refractivity contribution in [2.24, 2.45) is 4.99 Å². The third-order valence-corrected chi connectivity index (χ3v) is 3.58. The van der Waals surface area contributed by atoms with Crippen LogP contribution in [0.1, 0.15) is 24.6 Å². The molecule has 0 spiro atoms. The van der Waals surface area contributed by atoms with Gasteiger partial charge in [-0.2, -0.15) is 5.26 Å². The molecule has 1 heterocycles. The SMILES string of the molecule is CCc1ccc(NC(=NC#N)NCCCn2cncc2C)cc1. The number of hydrogen-bond acceptors (Lipinski definition) is 3. The predicted molar refractivity (Wildman–Crippen MR) is 92.1 cm³/mol. The Kier molecular flexibility index (Phi) is 6.18. The molecule has 0 aliphatic heterocycles. The van der Waals surface area contributed by atoms with E-state index in [9.17, 15) is 0 Å². The van der Waals surface area contributed by atoms with Crippen LogP contribution >= 0.6 is 0 Å². The van der Waals surface area contributed by atoms with Gasteiger partial charge in [0, 0.05) is 30.7 Å². The Morgan fingerprint density at radius 3 is 2.74 bits per heavy atom. The zero-order chi connectivity index (χ0) is 16.5. The number of aryl methyl sites for hydroxylation is 3. The van der Waals surface area contributed by atoms with Crippen molar-refractivity contribution in [3.63, 3.8) is 0 Å². The van der Waals surface area contributed by atoms with Gasteiger partial charge in [0.1, 0.15) is 0 Å². The molecule has 0 aliphatic rings. The molecular weight excluding hydrogens is 288 g/mol. The second-order valence-corrected chi connectivity index (χ2v) is 5.24. The highest BCUT2D eigenvalue weighted by Crippen LogP contribution is 2.09. The van der Waals surface area contributed by atoms with E-state index in [1.807, 2.05) is 37.8 Å². The molecular formula is C17H22N6. The minimum Gasteiger partial charge on any atom is -0.355 e. The molecule has 2 rings (SSSR count). The maximum Gasteiger partial charge on any atom is 0.211 e. The molecule has 23 heavy (non-hydrogen) atoms. The largest absolute Gasteiger partial charge is 0.355 e. The quantitative estimate of drug-likeness (QED) is 0.372. The third-order valence-electron chi connectivity index (χ3n) is 3.58. The van der Waals surface area contributed by atoms with Crippen LogP contribution in [0.2, 0.25) is 0 Å². The molecule has 6 heteroatoms. The van der Waals surface area contributed by atoms with Crippen LogP contribution < -0.4 is 10.6 Å². The van der Waals surface area contributed by atoms with Gasteiger partial charge in [-0.3, -0.25) is 0 Å². The van der Waals surface area contributed by atoms with Gasteiger partial charge in [0.2, 0.25) is 12.2 Å². The van der Waals surface area contributed by atoms with E-state index >= 15 is 0 Å². The molecule has 0 aliphatic carbocycles. The summed E-state index contributed by atoms with van der Waals surface area (Å²) >= 11 is 0. The van der Waals surface area contributed by atoms with Crippen LogP contribution in [0.5, 0.6) is 0 Å². The molecule has 0 amide bonds. The van der Waals surface area contributed by atoms with E-state index in [0.29, 0.717) is 5.96 Å². The van der Waals surface area contributed by atoms with Crippen molar-refractivity contribution in [1.82, 2.24) is 14.9 Å². The summed E-state index contributed by atoms with van der Waals surface area (Å²) in [5.74, 6) is 0.471. The van der Waals surface area contributed by atoms with Gasteiger partial charge in [-0.25, -0.2) is 4.98 Å². The molecule has 0 unspecified atom stereocenters. The molecule has 6 nitrogen and oxygen atoms in total. The Hall–Kier alpha value is -2.81. The smallest absolute Gasteiger partial charge is 0.211 e. The summed E-state index contributed by atoms with van der Waals surface area (Å²) in [6.07, 6.45) is 7.41. The maximum absolute atomic E-state index is 8.81. The van der Waals surface area contributed by atoms with Crippen molar-refractivity contribution in [1.29, 1.82) is 5.26 Å². The van der Waals surface area contributed by atoms with Crippen LogP contribution in [-0.4, -0.2) is 22.1 Å². The monoisotopic (exact) mass is 310 g/mol. The first-order valence-corrected chi connectivity index (χ1v) is 7.76. The molecule has 0 bridgehead atoms. The van der Waals surface area contributed by atoms with Crippen LogP contribution in [0.4, 0.5) is 5.69 Å². The number of nitrogens with zero attached hydrogens (tertiary/aromatic N) is 4. The van der Waals surface area contributed by atoms with Crippen LogP contribution in [0.3, 0.4) is 0 Å². The number of anilines is 1. The van der Waals surface area contributed by atoms with Gasteiger partial charge < -0.3 is 15.2 Å². The minimum absolute atomic E-state index is 0.471. The van der Waals surface area contributed by atoms with E-state index in [1.165, 1.54) is 5.56 Å². The fraction of sp³-hybridized carbons (Fsp3) is 0.353. The summed E-state index contributed by atoms with van der Waals surface area (Å²) in [5, 5.41) is 15.1. The molecule has 0 atom stereocenters. The molecule has 1 aromatic carbocycles. The van der Waals surface area contributed by atoms with Gasteiger partial charge in [-0.05, 0) is 37.5 Å². The summed E-state index contributed by atoms with van der Waals surface area (Å²) in [6, 6.07) is 8.10. The molecule has 1 aromatic heterocycles. The Balaban J connectivity index is 1.83. The predicted octanol–water partition coefficient (Wildman–Crippen LogP) is 2.68. The van der Waals surface area contributed by atoms with Crippen molar-refractivity contribution in [2.75, 3.05) is 11.9 Å². The first kappa shape index (κ1) is 16.6. The van der Waals surface area contributed by atoms with Gasteiger partial charge >= 0.3 is 0 Å². The first-order chi connectivity index (χ1) is 11.2. The van der Waals surface area contributed by atoms with E-state index in [1.54, 1.807) is 0 Å². The van der Waals surface area contributed by atoms with Crippen LogP contribution in [0.25, 0.3) is 0 Å². The van der Waals surface area contributed by atoms with E-state index in [0.717, 1.165) is 37.3 Å². The number of aromatic nitrogens is 2. The Morgan fingerprint density at radius 1 is 1.35 bits per heavy atom. The van der Waals surface area contributed by atoms with Crippen LogP contribution in [0.15, 0.2) is 41.8 Å². The minimum atomic E-state index is 0.471. The second kappa shape index (κ2) is 8.59. The summed E-state index contributed by atoms with van der Waals surface area (Å²) in [5.41, 5.74) is 3.33. The number of imidazole rings is 1. The van der Waals surface area contributed by atoms with Crippen LogP contribution in [-0.2, 0) is 13.0 Å². The summed E-state index contributed by atoms with van der Waals surface area (Å²) in [4.78, 5) is 7.89. The topological polar surface area (TPSA) is 78.0 Å². The lowest BCUT2D eigenvalue weighted by Crippen LogP contribution is -2.31. The molecule has 2 aromatic rings. The van der Waals surface area contributed by atoms with E-state index < -0.39 is 0 Å². The molecule has 120 valence electrons. The van der Waals surface area contributed by atoms with Gasteiger partial charge in [-0.15, -0.1) is 4.99 Å². The molecule has 0 saturated heterocycles. The lowest BCUT2D eigenvalue weighted by molar-refractivity contribution is 0.619. The normalized spacial score (nSPS) is 11.1. The highest BCUT2D eigenvalue weighted by Gasteiger charge is 2.01. The molecule has 2 N–H and O–H groups in total. The average molecular weight is 310 g/mol. The fourth-order valence-electron chi connectivity index (χ4n) is 2.20. The summed E-state index contributed by atoms with van der Waals surface area (Å²) in [6.45, 7) is 5.75. The Bertz CT molecular complexity index is 678. The van der Waals surface area contributed by atoms with Crippen molar-refractivity contribution in [3.05, 3.63) is 48.0 Å². The Morgan fingerprint density at radius 2 is 2.13 bits per heavy atom. The van der Waals surface area contributed by atoms with Gasteiger partial charge in [0.15, 0.2) is 0 Å². The van der Waals surface area contributed by atoms with Crippen molar-refractivity contribution in [2.45, 2.75) is 33.2 Å². The number of nitrogens with one attached hydrogen (secondary N) is 2. The number of rotatable bonds is 6. The lowest BCUT2D eigenvalue weighted by atomic mass is 10.1. The van der Waals surface area contributed by atoms with Gasteiger partial charge in [-0.1, -0.05) is 19.1 Å². The highest BCUT2D eigenvalue weighted by molar-refractivity contribution is 5.94. The van der Waals surface area contributed by atoms with Crippen LogP contribution in [0, 0.1) is 18.4 Å². The number of nitriles is 1. The van der Waals surface area contributed by atoms with Crippen molar-refractivity contribution >= 4 is 11.6 Å². The molecule has 0 fully saturated rings. The zero-order valence-electron chi connectivity index (χ0n) is 13.6. The standard InChI is InChI=1S/C17H22N6/c1-3-15-5-7-16(8-6-15)22-17(21-12-18)20-9-4-10-23-13-19-11-14(23)2/h5-8,11,13H,3-4,9-10H2,1-2H3,(H2,20,21,22). The average Bonchev–Trinajstić information content (AvgIpc) is 2.97. The number of aliphatic imine (C=N–C) groups is 1. The molecule has 0 saturated carbocycles. The number of hydrogen-bond donors (Lipinski definition) is 2. The number of guanidine groups is 1. The fourth-order valence-corrected chi connectivity index (χ4v) is 2.20. The number of benzene rings is 1. The maximum atomic E-state index is 8.81. The van der Waals surface area contributed by atoms with Crippen molar-refractivity contribution < 1.29 is 0 Å².